The molecule has 3 heteroatoms. The summed E-state index contributed by atoms with van der Waals surface area (Å²) in [5, 5.41) is 0. The molecule has 0 unspecified atom stereocenters. The molecule has 0 fully saturated rings. The van der Waals surface area contributed by atoms with Crippen molar-refractivity contribution < 1.29 is 0 Å². The van der Waals surface area contributed by atoms with Gasteiger partial charge in [0.2, 0.25) is 0 Å². The fourth-order valence-electron chi connectivity index (χ4n) is 2.68. The molecule has 0 aromatic heterocycles. The SMILES string of the molecule is CCCN(C)CC[CH2][In]([CH2]CC)[CH2]CCN(C)C. The first-order valence-electron chi connectivity index (χ1n) is 7.93. The Balaban J connectivity index is 3.68. The van der Waals surface area contributed by atoms with Gasteiger partial charge in [-0.1, -0.05) is 0 Å². The average Bonchev–Trinajstić information content (AvgIpc) is 2.29. The van der Waals surface area contributed by atoms with E-state index in [1.54, 1.807) is 12.5 Å². The van der Waals surface area contributed by atoms with Gasteiger partial charge in [-0.15, -0.1) is 0 Å². The van der Waals surface area contributed by atoms with Crippen molar-refractivity contribution in [3.8, 4) is 0 Å². The van der Waals surface area contributed by atoms with E-state index in [4.69, 9.17) is 0 Å². The van der Waals surface area contributed by atoms with Crippen LogP contribution >= 0.6 is 0 Å². The third-order valence-corrected chi connectivity index (χ3v) is 14.6. The molecule has 0 aliphatic rings. The van der Waals surface area contributed by atoms with Crippen LogP contribution in [0.1, 0.15) is 39.5 Å². The molecule has 0 heterocycles. The minimum atomic E-state index is -1.14. The summed E-state index contributed by atoms with van der Waals surface area (Å²) in [7, 11) is 6.67. The van der Waals surface area contributed by atoms with Crippen LogP contribution in [0.25, 0.3) is 0 Å². The molecule has 18 heavy (non-hydrogen) atoms. The summed E-state index contributed by atoms with van der Waals surface area (Å²) in [6.45, 7) is 8.55. The molecular weight excluding hydrogens is 323 g/mol. The summed E-state index contributed by atoms with van der Waals surface area (Å²) in [5.41, 5.74) is 0. The molecular formula is C15H35InN2. The maximum atomic E-state index is 2.51. The van der Waals surface area contributed by atoms with Gasteiger partial charge < -0.3 is 0 Å². The summed E-state index contributed by atoms with van der Waals surface area (Å²) in [5.74, 6) is 0. The molecule has 0 aromatic rings. The number of nitrogens with zero attached hydrogens (tertiary/aromatic N) is 2. The van der Waals surface area contributed by atoms with Crippen LogP contribution in [-0.4, -0.2) is 72.0 Å². The Hall–Kier alpha value is 0.790. The van der Waals surface area contributed by atoms with Gasteiger partial charge >= 0.3 is 124 Å². The van der Waals surface area contributed by atoms with Gasteiger partial charge in [-0.25, -0.2) is 0 Å². The van der Waals surface area contributed by atoms with Gasteiger partial charge in [0, 0.05) is 0 Å². The van der Waals surface area contributed by atoms with Gasteiger partial charge in [0.25, 0.3) is 0 Å². The normalized spacial score (nSPS) is 11.5. The van der Waals surface area contributed by atoms with E-state index < -0.39 is 21.4 Å². The summed E-state index contributed by atoms with van der Waals surface area (Å²) >= 11 is -1.14. The zero-order valence-electron chi connectivity index (χ0n) is 13.5. The Morgan fingerprint density at radius 2 is 1.33 bits per heavy atom. The second kappa shape index (κ2) is 12.8. The second-order valence-electron chi connectivity index (χ2n) is 6.05. The van der Waals surface area contributed by atoms with Crippen LogP contribution in [0.15, 0.2) is 0 Å². The van der Waals surface area contributed by atoms with Crippen molar-refractivity contribution >= 4 is 21.4 Å². The third-order valence-electron chi connectivity index (χ3n) is 3.67. The molecule has 0 amide bonds. The Morgan fingerprint density at radius 1 is 0.722 bits per heavy atom. The van der Waals surface area contributed by atoms with Crippen LogP contribution in [0.2, 0.25) is 12.5 Å². The van der Waals surface area contributed by atoms with Crippen LogP contribution < -0.4 is 0 Å². The van der Waals surface area contributed by atoms with Crippen LogP contribution in [0, 0.1) is 0 Å². The van der Waals surface area contributed by atoms with Crippen LogP contribution in [0.3, 0.4) is 0 Å². The predicted molar refractivity (Wildman–Crippen MR) is 86.0 cm³/mol. The first-order valence-corrected chi connectivity index (χ1v) is 14.9. The van der Waals surface area contributed by atoms with Crippen LogP contribution in [-0.2, 0) is 0 Å². The van der Waals surface area contributed by atoms with E-state index in [0.29, 0.717) is 0 Å². The maximum absolute atomic E-state index is 2.51. The summed E-state index contributed by atoms with van der Waals surface area (Å²) in [6, 6.07) is 0. The van der Waals surface area contributed by atoms with Gasteiger partial charge in [0.05, 0.1) is 0 Å². The molecule has 0 aliphatic heterocycles. The van der Waals surface area contributed by atoms with Gasteiger partial charge in [-0.05, 0) is 0 Å². The summed E-state index contributed by atoms with van der Waals surface area (Å²) < 4.78 is 4.90. The van der Waals surface area contributed by atoms with Crippen molar-refractivity contribution in [1.82, 2.24) is 9.80 Å². The standard InChI is InChI=1S/C7H16N.C5H12N.C3H7.In/c1-4-6-8(3)7-5-2;1-4-5-6(2)3;1-3-2;/h1,4-7H2,2-3H3;1,4-5H2,2-3H3;1,3H2,2H3;. The quantitative estimate of drug-likeness (QED) is 0.526. The van der Waals surface area contributed by atoms with E-state index >= 15 is 0 Å². The first-order chi connectivity index (χ1) is 8.60. The number of hydrogen-bond donors (Lipinski definition) is 0. The number of hydrogen-bond acceptors (Lipinski definition) is 2. The van der Waals surface area contributed by atoms with Gasteiger partial charge in [-0.3, -0.25) is 0 Å². The van der Waals surface area contributed by atoms with Crippen molar-refractivity contribution in [2.24, 2.45) is 0 Å². The molecule has 2 nitrogen and oxygen atoms in total. The fourth-order valence-corrected chi connectivity index (χ4v) is 11.8. The molecule has 0 saturated carbocycles. The van der Waals surface area contributed by atoms with Gasteiger partial charge in [0.1, 0.15) is 0 Å². The van der Waals surface area contributed by atoms with E-state index in [1.165, 1.54) is 45.3 Å². The van der Waals surface area contributed by atoms with Crippen molar-refractivity contribution in [2.45, 2.75) is 52.1 Å². The summed E-state index contributed by atoms with van der Waals surface area (Å²) in [4.78, 5) is 4.85. The molecule has 0 radical (unpaired) electrons. The van der Waals surface area contributed by atoms with Crippen LogP contribution in [0.4, 0.5) is 0 Å². The van der Waals surface area contributed by atoms with Gasteiger partial charge in [0.15, 0.2) is 0 Å². The Labute approximate surface area is 124 Å². The van der Waals surface area contributed by atoms with Crippen molar-refractivity contribution in [2.75, 3.05) is 40.8 Å². The Morgan fingerprint density at radius 3 is 1.83 bits per heavy atom. The minimum absolute atomic E-state index is 1.14. The monoisotopic (exact) mass is 358 g/mol. The van der Waals surface area contributed by atoms with Crippen molar-refractivity contribution in [3.63, 3.8) is 0 Å². The molecule has 0 N–H and O–H groups in total. The van der Waals surface area contributed by atoms with E-state index in [2.05, 4.69) is 44.8 Å². The zero-order chi connectivity index (χ0) is 13.8. The predicted octanol–water partition coefficient (Wildman–Crippen LogP) is 3.57. The molecule has 0 bridgehead atoms. The summed E-state index contributed by atoms with van der Waals surface area (Å²) in [6.07, 6.45) is 5.66. The molecule has 0 aromatic carbocycles. The second-order valence-corrected chi connectivity index (χ2v) is 15.9. The van der Waals surface area contributed by atoms with Crippen molar-refractivity contribution in [3.05, 3.63) is 0 Å². The topological polar surface area (TPSA) is 6.48 Å². The molecule has 0 atom stereocenters. The molecule has 0 spiro atoms. The molecule has 0 rings (SSSR count). The molecule has 0 saturated heterocycles. The van der Waals surface area contributed by atoms with Gasteiger partial charge in [-0.2, -0.15) is 0 Å². The van der Waals surface area contributed by atoms with E-state index in [0.717, 1.165) is 0 Å². The Kier molecular flexibility index (Phi) is 13.4. The van der Waals surface area contributed by atoms with Crippen molar-refractivity contribution in [1.29, 1.82) is 0 Å². The van der Waals surface area contributed by atoms with E-state index in [-0.39, 0.29) is 0 Å². The average molecular weight is 358 g/mol. The first kappa shape index (κ1) is 18.8. The molecule has 108 valence electrons. The van der Waals surface area contributed by atoms with Crippen LogP contribution in [0.5, 0.6) is 0 Å². The molecule has 0 aliphatic carbocycles. The number of rotatable bonds is 12. The third kappa shape index (κ3) is 11.9. The Bertz CT molecular complexity index is 174. The van der Waals surface area contributed by atoms with E-state index in [1.807, 2.05) is 0 Å². The fraction of sp³-hybridized carbons (Fsp3) is 1.00. The zero-order valence-corrected chi connectivity index (χ0v) is 16.8. The van der Waals surface area contributed by atoms with E-state index in [9.17, 15) is 0 Å².